The van der Waals surface area contributed by atoms with Gasteiger partial charge in [0.2, 0.25) is 0 Å². The number of nitrogens with zero attached hydrogens (tertiary/aromatic N) is 2. The van der Waals surface area contributed by atoms with Gasteiger partial charge < -0.3 is 0 Å². The van der Waals surface area contributed by atoms with Crippen LogP contribution in [-0.4, -0.2) is 22.0 Å². The molecule has 0 aliphatic heterocycles. The maximum Gasteiger partial charge on any atom is 0.193 e. The van der Waals surface area contributed by atoms with Crippen LogP contribution in [0, 0.1) is 0 Å². The van der Waals surface area contributed by atoms with E-state index in [2.05, 4.69) is 9.97 Å². The van der Waals surface area contributed by atoms with Gasteiger partial charge in [-0.05, 0) is 6.07 Å². The minimum Gasteiger partial charge on any atom is -0.294 e. The molecule has 0 N–H and O–H groups in total. The zero-order valence-corrected chi connectivity index (χ0v) is 5.94. The Morgan fingerprint density at radius 1 is 1.64 bits per heavy atom. The fraction of sp³-hybridized carbons (Fsp3) is 0.143. The molecule has 0 aliphatic carbocycles. The number of carbonyl (C=O) groups excluding carboxylic acids is 2. The predicted molar refractivity (Wildman–Crippen MR) is 37.4 cm³/mol. The van der Waals surface area contributed by atoms with E-state index in [0.29, 0.717) is 6.29 Å². The monoisotopic (exact) mass is 150 g/mol. The largest absolute Gasteiger partial charge is 0.294 e. The van der Waals surface area contributed by atoms with Crippen molar-refractivity contribution >= 4 is 12.1 Å². The van der Waals surface area contributed by atoms with E-state index in [-0.39, 0.29) is 17.3 Å². The lowest BCUT2D eigenvalue weighted by molar-refractivity contribution is 0.101. The van der Waals surface area contributed by atoms with E-state index >= 15 is 0 Å². The number of hydrogen-bond acceptors (Lipinski definition) is 4. The second kappa shape index (κ2) is 3.01. The van der Waals surface area contributed by atoms with Gasteiger partial charge in [0, 0.05) is 13.1 Å². The molecule has 11 heavy (non-hydrogen) atoms. The van der Waals surface area contributed by atoms with Crippen LogP contribution in [-0.2, 0) is 0 Å². The van der Waals surface area contributed by atoms with Crippen LogP contribution in [0.5, 0.6) is 0 Å². The summed E-state index contributed by atoms with van der Waals surface area (Å²) in [6.45, 7) is 1.39. The fourth-order valence-electron chi connectivity index (χ4n) is 0.627. The first-order chi connectivity index (χ1) is 5.24. The van der Waals surface area contributed by atoms with Crippen molar-refractivity contribution in [2.75, 3.05) is 0 Å². The molecule has 1 heterocycles. The van der Waals surface area contributed by atoms with Crippen molar-refractivity contribution < 1.29 is 9.59 Å². The van der Waals surface area contributed by atoms with Crippen molar-refractivity contribution in [1.29, 1.82) is 0 Å². The Kier molecular flexibility index (Phi) is 2.06. The molecule has 1 aromatic heterocycles. The SMILES string of the molecule is CC(=O)c1ccnc(C=O)n1. The molecule has 1 rings (SSSR count). The van der Waals surface area contributed by atoms with Gasteiger partial charge in [-0.3, -0.25) is 9.59 Å². The third-order valence-corrected chi connectivity index (χ3v) is 1.14. The molecule has 4 heteroatoms. The smallest absolute Gasteiger partial charge is 0.193 e. The average molecular weight is 150 g/mol. The summed E-state index contributed by atoms with van der Waals surface area (Å²) in [6.07, 6.45) is 1.89. The molecular formula is C7H6N2O2. The summed E-state index contributed by atoms with van der Waals surface area (Å²) in [5.41, 5.74) is 0.266. The quantitative estimate of drug-likeness (QED) is 0.454. The van der Waals surface area contributed by atoms with Gasteiger partial charge in [-0.15, -0.1) is 0 Å². The minimum absolute atomic E-state index is 0.0395. The first-order valence-electron chi connectivity index (χ1n) is 3.03. The predicted octanol–water partition coefficient (Wildman–Crippen LogP) is 0.492. The van der Waals surface area contributed by atoms with E-state index < -0.39 is 0 Å². The van der Waals surface area contributed by atoms with Gasteiger partial charge in [-0.25, -0.2) is 9.97 Å². The molecule has 56 valence electrons. The Labute approximate surface area is 63.3 Å². The molecule has 0 aromatic carbocycles. The normalized spacial score (nSPS) is 9.18. The Morgan fingerprint density at radius 2 is 2.36 bits per heavy atom. The third-order valence-electron chi connectivity index (χ3n) is 1.14. The van der Waals surface area contributed by atoms with Crippen LogP contribution in [0.25, 0.3) is 0 Å². The number of carbonyl (C=O) groups is 2. The highest BCUT2D eigenvalue weighted by molar-refractivity contribution is 5.92. The summed E-state index contributed by atoms with van der Waals surface area (Å²) in [7, 11) is 0. The van der Waals surface area contributed by atoms with Crippen LogP contribution in [0.1, 0.15) is 28.0 Å². The Morgan fingerprint density at radius 3 is 2.91 bits per heavy atom. The number of ketones is 1. The highest BCUT2D eigenvalue weighted by atomic mass is 16.1. The molecule has 0 saturated heterocycles. The Balaban J connectivity index is 3.10. The lowest BCUT2D eigenvalue weighted by Crippen LogP contribution is -2.01. The lowest BCUT2D eigenvalue weighted by Gasteiger charge is -1.92. The standard InChI is InChI=1S/C7H6N2O2/c1-5(11)6-2-3-8-7(4-10)9-6/h2-4H,1H3. The summed E-state index contributed by atoms with van der Waals surface area (Å²) in [4.78, 5) is 28.1. The van der Waals surface area contributed by atoms with Crippen LogP contribution in [0.15, 0.2) is 12.3 Å². The molecule has 0 atom stereocenters. The van der Waals surface area contributed by atoms with Crippen molar-refractivity contribution in [3.8, 4) is 0 Å². The number of hydrogen-bond donors (Lipinski definition) is 0. The van der Waals surface area contributed by atoms with Gasteiger partial charge in [-0.1, -0.05) is 0 Å². The van der Waals surface area contributed by atoms with Gasteiger partial charge >= 0.3 is 0 Å². The molecular weight excluding hydrogens is 144 g/mol. The molecule has 0 saturated carbocycles. The van der Waals surface area contributed by atoms with Gasteiger partial charge in [0.15, 0.2) is 17.9 Å². The summed E-state index contributed by atoms with van der Waals surface area (Å²) in [6, 6.07) is 1.47. The molecule has 0 fully saturated rings. The number of aldehydes is 1. The summed E-state index contributed by atoms with van der Waals surface area (Å²) in [5, 5.41) is 0. The van der Waals surface area contributed by atoms with E-state index in [1.54, 1.807) is 0 Å². The van der Waals surface area contributed by atoms with E-state index in [4.69, 9.17) is 0 Å². The zero-order chi connectivity index (χ0) is 8.27. The van der Waals surface area contributed by atoms with Gasteiger partial charge in [-0.2, -0.15) is 0 Å². The number of rotatable bonds is 2. The van der Waals surface area contributed by atoms with Crippen molar-refractivity contribution in [1.82, 2.24) is 9.97 Å². The van der Waals surface area contributed by atoms with E-state index in [0.717, 1.165) is 0 Å². The van der Waals surface area contributed by atoms with Crippen LogP contribution in [0.4, 0.5) is 0 Å². The molecule has 0 aliphatic rings. The van der Waals surface area contributed by atoms with Crippen molar-refractivity contribution in [3.05, 3.63) is 23.8 Å². The van der Waals surface area contributed by atoms with Gasteiger partial charge in [0.25, 0.3) is 0 Å². The van der Waals surface area contributed by atoms with Gasteiger partial charge in [0.1, 0.15) is 5.69 Å². The van der Waals surface area contributed by atoms with E-state index in [1.165, 1.54) is 19.2 Å². The van der Waals surface area contributed by atoms with Gasteiger partial charge in [0.05, 0.1) is 0 Å². The maximum absolute atomic E-state index is 10.7. The third kappa shape index (κ3) is 1.67. The van der Waals surface area contributed by atoms with E-state index in [9.17, 15) is 9.59 Å². The van der Waals surface area contributed by atoms with Crippen molar-refractivity contribution in [2.24, 2.45) is 0 Å². The zero-order valence-electron chi connectivity index (χ0n) is 5.94. The maximum atomic E-state index is 10.7. The number of Topliss-reactive ketones (excluding diaryl/α,β-unsaturated/α-hetero) is 1. The van der Waals surface area contributed by atoms with Crippen LogP contribution >= 0.6 is 0 Å². The minimum atomic E-state index is -0.171. The molecule has 1 aromatic rings. The molecule has 0 spiro atoms. The first kappa shape index (κ1) is 7.53. The second-order valence-corrected chi connectivity index (χ2v) is 1.97. The molecule has 0 amide bonds. The molecule has 0 unspecified atom stereocenters. The molecule has 0 bridgehead atoms. The summed E-state index contributed by atoms with van der Waals surface area (Å²) < 4.78 is 0. The van der Waals surface area contributed by atoms with Crippen LogP contribution in [0.3, 0.4) is 0 Å². The lowest BCUT2D eigenvalue weighted by atomic mass is 10.3. The summed E-state index contributed by atoms with van der Waals surface area (Å²) in [5.74, 6) is -0.131. The van der Waals surface area contributed by atoms with Crippen molar-refractivity contribution in [2.45, 2.75) is 6.92 Å². The number of aromatic nitrogens is 2. The highest BCUT2D eigenvalue weighted by Crippen LogP contribution is 1.93. The molecule has 4 nitrogen and oxygen atoms in total. The van der Waals surface area contributed by atoms with E-state index in [1.807, 2.05) is 0 Å². The fourth-order valence-corrected chi connectivity index (χ4v) is 0.627. The molecule has 0 radical (unpaired) electrons. The first-order valence-corrected chi connectivity index (χ1v) is 3.03. The Bertz CT molecular complexity index is 296. The summed E-state index contributed by atoms with van der Waals surface area (Å²) >= 11 is 0. The van der Waals surface area contributed by atoms with Crippen LogP contribution < -0.4 is 0 Å². The average Bonchev–Trinajstić information content (AvgIpc) is 2.05. The van der Waals surface area contributed by atoms with Crippen LogP contribution in [0.2, 0.25) is 0 Å². The Hall–Kier alpha value is -1.58. The highest BCUT2D eigenvalue weighted by Gasteiger charge is 2.01. The topological polar surface area (TPSA) is 59.9 Å². The second-order valence-electron chi connectivity index (χ2n) is 1.97. The van der Waals surface area contributed by atoms with Crippen molar-refractivity contribution in [3.63, 3.8) is 0 Å².